The summed E-state index contributed by atoms with van der Waals surface area (Å²) >= 11 is 0. The van der Waals surface area contributed by atoms with Crippen molar-refractivity contribution in [3.63, 3.8) is 0 Å². The highest BCUT2D eigenvalue weighted by Gasteiger charge is 2.19. The summed E-state index contributed by atoms with van der Waals surface area (Å²) in [6.45, 7) is 2.33. The first kappa shape index (κ1) is 13.3. The van der Waals surface area contributed by atoms with Crippen molar-refractivity contribution >= 4 is 11.4 Å². The highest BCUT2D eigenvalue weighted by molar-refractivity contribution is 5.57. The third-order valence-corrected chi connectivity index (χ3v) is 4.11. The van der Waals surface area contributed by atoms with Crippen LogP contribution in [0.4, 0.5) is 11.4 Å². The molecule has 1 fully saturated rings. The first-order valence-corrected chi connectivity index (χ1v) is 7.21. The summed E-state index contributed by atoms with van der Waals surface area (Å²) in [5.41, 5.74) is 2.51. The molecule has 0 radical (unpaired) electrons. The van der Waals surface area contributed by atoms with Gasteiger partial charge in [-0.15, -0.1) is 0 Å². The summed E-state index contributed by atoms with van der Waals surface area (Å²) in [6.07, 6.45) is 7.03. The molecule has 1 aromatic rings. The molecular formula is C16H26N2. The Morgan fingerprint density at radius 2 is 1.89 bits per heavy atom. The highest BCUT2D eigenvalue weighted by Crippen LogP contribution is 2.28. The summed E-state index contributed by atoms with van der Waals surface area (Å²) in [6, 6.07) is 9.27. The Balaban J connectivity index is 1.97. The summed E-state index contributed by atoms with van der Waals surface area (Å²) in [5.74, 6) is 0.849. The number of nitrogens with zero attached hydrogens (tertiary/aromatic N) is 1. The van der Waals surface area contributed by atoms with Gasteiger partial charge in [-0.05, 0) is 43.9 Å². The van der Waals surface area contributed by atoms with Gasteiger partial charge in [-0.2, -0.15) is 0 Å². The zero-order valence-corrected chi connectivity index (χ0v) is 11.9. The van der Waals surface area contributed by atoms with Gasteiger partial charge in [0.2, 0.25) is 0 Å². The number of hydrogen-bond donors (Lipinski definition) is 1. The van der Waals surface area contributed by atoms with Gasteiger partial charge in [-0.3, -0.25) is 0 Å². The van der Waals surface area contributed by atoms with E-state index in [0.29, 0.717) is 6.04 Å². The van der Waals surface area contributed by atoms with Crippen LogP contribution in [-0.2, 0) is 0 Å². The molecule has 0 saturated heterocycles. The van der Waals surface area contributed by atoms with Gasteiger partial charge in [0.15, 0.2) is 0 Å². The second kappa shape index (κ2) is 6.12. The lowest BCUT2D eigenvalue weighted by molar-refractivity contribution is 0.328. The minimum absolute atomic E-state index is 0.586. The van der Waals surface area contributed by atoms with Crippen molar-refractivity contribution in [1.29, 1.82) is 0 Å². The molecule has 1 aliphatic carbocycles. The topological polar surface area (TPSA) is 15.3 Å². The van der Waals surface area contributed by atoms with E-state index in [1.54, 1.807) is 0 Å². The Kier molecular flexibility index (Phi) is 4.51. The summed E-state index contributed by atoms with van der Waals surface area (Å²) in [5, 5.41) is 3.68. The van der Waals surface area contributed by atoms with Crippen LogP contribution in [-0.4, -0.2) is 20.1 Å². The zero-order chi connectivity index (χ0) is 13.0. The molecule has 0 bridgehead atoms. The van der Waals surface area contributed by atoms with E-state index in [2.05, 4.69) is 55.5 Å². The molecule has 2 heteroatoms. The van der Waals surface area contributed by atoms with E-state index in [0.717, 1.165) is 5.92 Å². The Bertz CT molecular complexity index is 367. The maximum absolute atomic E-state index is 3.68. The van der Waals surface area contributed by atoms with Crippen LogP contribution in [0.1, 0.15) is 39.0 Å². The van der Waals surface area contributed by atoms with Crippen molar-refractivity contribution in [3.8, 4) is 0 Å². The molecule has 0 spiro atoms. The smallest absolute Gasteiger partial charge is 0.0381 e. The van der Waals surface area contributed by atoms with Crippen molar-refractivity contribution in [1.82, 2.24) is 0 Å². The fourth-order valence-electron chi connectivity index (χ4n) is 2.89. The summed E-state index contributed by atoms with van der Waals surface area (Å²) < 4.78 is 0. The van der Waals surface area contributed by atoms with Gasteiger partial charge in [0, 0.05) is 31.5 Å². The average Bonchev–Trinajstić information content (AvgIpc) is 2.40. The van der Waals surface area contributed by atoms with Gasteiger partial charge in [0.05, 0.1) is 0 Å². The van der Waals surface area contributed by atoms with Crippen LogP contribution >= 0.6 is 0 Å². The third-order valence-electron chi connectivity index (χ3n) is 4.11. The molecule has 1 N–H and O–H groups in total. The first-order valence-electron chi connectivity index (χ1n) is 7.21. The molecule has 1 unspecified atom stereocenters. The largest absolute Gasteiger partial charge is 0.382 e. The Labute approximate surface area is 111 Å². The highest BCUT2D eigenvalue weighted by atomic mass is 15.1. The SMILES string of the molecule is CC(Nc1cccc(N(C)C)c1)C1CCCCC1. The van der Waals surface area contributed by atoms with Crippen LogP contribution in [0.15, 0.2) is 24.3 Å². The molecule has 0 aromatic heterocycles. The van der Waals surface area contributed by atoms with Crippen molar-refractivity contribution < 1.29 is 0 Å². The number of benzene rings is 1. The van der Waals surface area contributed by atoms with E-state index in [-0.39, 0.29) is 0 Å². The molecule has 0 heterocycles. The van der Waals surface area contributed by atoms with E-state index in [9.17, 15) is 0 Å². The van der Waals surface area contributed by atoms with Crippen molar-refractivity contribution in [3.05, 3.63) is 24.3 Å². The molecule has 0 aliphatic heterocycles. The van der Waals surface area contributed by atoms with Gasteiger partial charge in [-0.1, -0.05) is 25.3 Å². The molecule has 1 saturated carbocycles. The lowest BCUT2D eigenvalue weighted by Crippen LogP contribution is -2.27. The van der Waals surface area contributed by atoms with Gasteiger partial charge >= 0.3 is 0 Å². The van der Waals surface area contributed by atoms with E-state index < -0.39 is 0 Å². The monoisotopic (exact) mass is 246 g/mol. The predicted octanol–water partition coefficient (Wildman–Crippen LogP) is 4.13. The van der Waals surface area contributed by atoms with E-state index in [1.165, 1.54) is 43.5 Å². The number of nitrogens with one attached hydrogen (secondary N) is 1. The minimum Gasteiger partial charge on any atom is -0.382 e. The molecule has 0 amide bonds. The summed E-state index contributed by atoms with van der Waals surface area (Å²) in [7, 11) is 4.17. The number of hydrogen-bond acceptors (Lipinski definition) is 2. The molecule has 18 heavy (non-hydrogen) atoms. The Morgan fingerprint density at radius 3 is 2.56 bits per heavy atom. The van der Waals surface area contributed by atoms with Gasteiger partial charge in [0.1, 0.15) is 0 Å². The van der Waals surface area contributed by atoms with Crippen LogP contribution in [0.3, 0.4) is 0 Å². The molecule has 1 atom stereocenters. The predicted molar refractivity (Wildman–Crippen MR) is 80.4 cm³/mol. The fourth-order valence-corrected chi connectivity index (χ4v) is 2.89. The fraction of sp³-hybridized carbons (Fsp3) is 0.625. The normalized spacial score (nSPS) is 18.4. The van der Waals surface area contributed by atoms with Crippen LogP contribution in [0.2, 0.25) is 0 Å². The van der Waals surface area contributed by atoms with Crippen molar-refractivity contribution in [2.45, 2.75) is 45.1 Å². The molecule has 1 aliphatic rings. The van der Waals surface area contributed by atoms with E-state index in [1.807, 2.05) is 0 Å². The molecule has 2 nitrogen and oxygen atoms in total. The molecular weight excluding hydrogens is 220 g/mol. The quantitative estimate of drug-likeness (QED) is 0.859. The van der Waals surface area contributed by atoms with Gasteiger partial charge in [-0.25, -0.2) is 0 Å². The summed E-state index contributed by atoms with van der Waals surface area (Å²) in [4.78, 5) is 2.15. The minimum atomic E-state index is 0.586. The number of rotatable bonds is 4. The lowest BCUT2D eigenvalue weighted by Gasteiger charge is -2.29. The molecule has 100 valence electrons. The van der Waals surface area contributed by atoms with E-state index in [4.69, 9.17) is 0 Å². The van der Waals surface area contributed by atoms with Gasteiger partial charge in [0.25, 0.3) is 0 Å². The average molecular weight is 246 g/mol. The van der Waals surface area contributed by atoms with E-state index >= 15 is 0 Å². The second-order valence-corrected chi connectivity index (χ2v) is 5.78. The van der Waals surface area contributed by atoms with Crippen LogP contribution in [0.5, 0.6) is 0 Å². The van der Waals surface area contributed by atoms with Crippen molar-refractivity contribution in [2.24, 2.45) is 5.92 Å². The van der Waals surface area contributed by atoms with Crippen LogP contribution in [0, 0.1) is 5.92 Å². The van der Waals surface area contributed by atoms with Crippen molar-refractivity contribution in [2.75, 3.05) is 24.3 Å². The lowest BCUT2D eigenvalue weighted by atomic mass is 9.84. The second-order valence-electron chi connectivity index (χ2n) is 5.78. The number of anilines is 2. The third kappa shape index (κ3) is 3.41. The Morgan fingerprint density at radius 1 is 1.17 bits per heavy atom. The van der Waals surface area contributed by atoms with Gasteiger partial charge < -0.3 is 10.2 Å². The Hall–Kier alpha value is -1.18. The zero-order valence-electron chi connectivity index (χ0n) is 11.9. The molecule has 2 rings (SSSR count). The first-order chi connectivity index (χ1) is 8.66. The van der Waals surface area contributed by atoms with Crippen LogP contribution in [0.25, 0.3) is 0 Å². The maximum Gasteiger partial charge on any atom is 0.0381 e. The molecule has 1 aromatic carbocycles. The standard InChI is InChI=1S/C16H26N2/c1-13(14-8-5-4-6-9-14)17-15-10-7-11-16(12-15)18(2)3/h7,10-14,17H,4-6,8-9H2,1-3H3. The van der Waals surface area contributed by atoms with Crippen LogP contribution < -0.4 is 10.2 Å². The maximum atomic E-state index is 3.68.